The molecule has 0 radical (unpaired) electrons. The third-order valence-electron chi connectivity index (χ3n) is 4.06. The summed E-state index contributed by atoms with van der Waals surface area (Å²) >= 11 is 1.50. The number of amides is 1. The number of benzene rings is 1. The van der Waals surface area contributed by atoms with Crippen molar-refractivity contribution in [2.24, 2.45) is 11.5 Å². The van der Waals surface area contributed by atoms with Gasteiger partial charge in [-0.15, -0.1) is 11.3 Å². The van der Waals surface area contributed by atoms with Gasteiger partial charge >= 0.3 is 0 Å². The lowest BCUT2D eigenvalue weighted by molar-refractivity contribution is 0.0987. The fraction of sp³-hybridized carbons (Fsp3) is 0.250. The van der Waals surface area contributed by atoms with Crippen LogP contribution < -0.4 is 22.1 Å². The molecule has 6 N–H and O–H groups in total. The molecular weight excluding hydrogens is 402 g/mol. The number of aromatic nitrogens is 3. The average Bonchev–Trinajstić information content (AvgIpc) is 3.11. The van der Waals surface area contributed by atoms with Crippen LogP contribution in [-0.2, 0) is 6.42 Å². The van der Waals surface area contributed by atoms with E-state index < -0.39 is 5.91 Å². The Labute approximate surface area is 178 Å². The number of anilines is 3. The molecule has 0 bridgehead atoms. The van der Waals surface area contributed by atoms with Crippen LogP contribution >= 0.6 is 11.3 Å². The number of Topliss-reactive ketones (excluding diaryl/α,β-unsaturated/α-hetero) is 1. The minimum absolute atomic E-state index is 0.0508. The molecule has 3 aromatic rings. The maximum absolute atomic E-state index is 12.6. The molecule has 156 valence electrons. The molecule has 0 spiro atoms. The zero-order valence-corrected chi connectivity index (χ0v) is 17.5. The molecule has 0 aliphatic carbocycles. The molecule has 1 atom stereocenters. The largest absolute Gasteiger partial charge is 0.365 e. The van der Waals surface area contributed by atoms with E-state index >= 15 is 0 Å². The third kappa shape index (κ3) is 5.58. The fourth-order valence-corrected chi connectivity index (χ4v) is 3.41. The lowest BCUT2D eigenvalue weighted by Gasteiger charge is -2.13. The monoisotopic (exact) mass is 425 g/mol. The molecule has 3 rings (SSSR count). The Balaban J connectivity index is 1.81. The minimum atomic E-state index is -0.664. The number of nitrogens with zero attached hydrogens (tertiary/aromatic N) is 3. The molecule has 0 fully saturated rings. The molecule has 0 aliphatic rings. The molecule has 9 nitrogen and oxygen atoms in total. The molecule has 2 aromatic heterocycles. The number of rotatable bonds is 9. The van der Waals surface area contributed by atoms with Gasteiger partial charge in [-0.3, -0.25) is 9.59 Å². The van der Waals surface area contributed by atoms with Gasteiger partial charge in [0.25, 0.3) is 5.91 Å². The van der Waals surface area contributed by atoms with Crippen LogP contribution in [0.4, 0.5) is 17.5 Å². The first kappa shape index (κ1) is 21.3. The van der Waals surface area contributed by atoms with Crippen molar-refractivity contribution in [1.82, 2.24) is 15.0 Å². The normalized spacial score (nSPS) is 11.7. The molecule has 1 aromatic carbocycles. The van der Waals surface area contributed by atoms with E-state index in [0.29, 0.717) is 23.7 Å². The minimum Gasteiger partial charge on any atom is -0.365 e. The van der Waals surface area contributed by atoms with Gasteiger partial charge in [-0.05, 0) is 26.0 Å². The number of thiazole rings is 1. The van der Waals surface area contributed by atoms with Crippen molar-refractivity contribution in [2.75, 3.05) is 17.2 Å². The van der Waals surface area contributed by atoms with Crippen LogP contribution in [0, 0.1) is 6.92 Å². The quantitative estimate of drug-likeness (QED) is 0.381. The highest BCUT2D eigenvalue weighted by Gasteiger charge is 2.14. The molecular formula is C20H23N7O2S. The number of primary amides is 1. The predicted octanol–water partition coefficient (Wildman–Crippen LogP) is 2.27. The summed E-state index contributed by atoms with van der Waals surface area (Å²) in [5.74, 6) is -0.163. The Hall–Kier alpha value is -3.37. The zero-order chi connectivity index (χ0) is 21.7. The Morgan fingerprint density at radius 1 is 1.23 bits per heavy atom. The average molecular weight is 426 g/mol. The van der Waals surface area contributed by atoms with Crippen LogP contribution in [0.25, 0.3) is 0 Å². The standard InChI is InChI=1S/C20H23N7O2S/c1-11(21)8-24-20-25-10-15(18(22)29)19(27-20)26-14-5-3-4-13(6-14)16(28)7-17-23-9-12(2)30-17/h3-6,9-11H,7-8,21H2,1-2H3,(H2,22,29)(H2,24,25,26,27)/t11-/m0/s1. The van der Waals surface area contributed by atoms with Crippen LogP contribution in [0.15, 0.2) is 36.7 Å². The number of hydrogen-bond acceptors (Lipinski definition) is 9. The van der Waals surface area contributed by atoms with Crippen molar-refractivity contribution in [1.29, 1.82) is 0 Å². The first-order valence-corrected chi connectivity index (χ1v) is 10.1. The van der Waals surface area contributed by atoms with Gasteiger partial charge in [0.2, 0.25) is 5.95 Å². The Bertz CT molecular complexity index is 1060. The van der Waals surface area contributed by atoms with Crippen molar-refractivity contribution < 1.29 is 9.59 Å². The molecule has 1 amide bonds. The summed E-state index contributed by atoms with van der Waals surface area (Å²) in [5, 5.41) is 6.82. The lowest BCUT2D eigenvalue weighted by atomic mass is 10.1. The van der Waals surface area contributed by atoms with E-state index in [1.165, 1.54) is 17.5 Å². The van der Waals surface area contributed by atoms with E-state index in [-0.39, 0.29) is 29.6 Å². The summed E-state index contributed by atoms with van der Waals surface area (Å²) in [6.45, 7) is 4.26. The van der Waals surface area contributed by atoms with Crippen LogP contribution in [0.5, 0.6) is 0 Å². The van der Waals surface area contributed by atoms with Gasteiger partial charge in [-0.2, -0.15) is 4.98 Å². The molecule has 2 heterocycles. The molecule has 0 saturated carbocycles. The zero-order valence-electron chi connectivity index (χ0n) is 16.7. The van der Waals surface area contributed by atoms with E-state index in [1.54, 1.807) is 30.5 Å². The summed E-state index contributed by atoms with van der Waals surface area (Å²) in [7, 11) is 0. The van der Waals surface area contributed by atoms with Crippen LogP contribution in [-0.4, -0.2) is 39.2 Å². The summed E-state index contributed by atoms with van der Waals surface area (Å²) in [5.41, 5.74) is 12.4. The number of ketones is 1. The number of aryl methyl sites for hydroxylation is 1. The van der Waals surface area contributed by atoms with Gasteiger partial charge in [0, 0.05) is 41.1 Å². The van der Waals surface area contributed by atoms with Crippen molar-refractivity contribution in [3.8, 4) is 0 Å². The van der Waals surface area contributed by atoms with Crippen molar-refractivity contribution in [2.45, 2.75) is 26.3 Å². The lowest BCUT2D eigenvalue weighted by Crippen LogP contribution is -2.26. The van der Waals surface area contributed by atoms with Crippen molar-refractivity contribution in [3.05, 3.63) is 57.7 Å². The molecule has 30 heavy (non-hydrogen) atoms. The van der Waals surface area contributed by atoms with Crippen LogP contribution in [0.1, 0.15) is 37.5 Å². The van der Waals surface area contributed by atoms with Gasteiger partial charge in [0.05, 0.1) is 6.42 Å². The molecule has 0 saturated heterocycles. The van der Waals surface area contributed by atoms with E-state index in [1.807, 2.05) is 13.8 Å². The maximum atomic E-state index is 12.6. The second-order valence-electron chi connectivity index (χ2n) is 6.85. The highest BCUT2D eigenvalue weighted by molar-refractivity contribution is 7.11. The first-order chi connectivity index (χ1) is 14.3. The van der Waals surface area contributed by atoms with E-state index in [9.17, 15) is 9.59 Å². The number of carbonyl (C=O) groups excluding carboxylic acids is 2. The van der Waals surface area contributed by atoms with E-state index in [0.717, 1.165) is 9.88 Å². The highest BCUT2D eigenvalue weighted by Crippen LogP contribution is 2.22. The number of carbonyl (C=O) groups is 2. The summed E-state index contributed by atoms with van der Waals surface area (Å²) in [4.78, 5) is 38.1. The molecule has 0 aliphatic heterocycles. The molecule has 10 heteroatoms. The van der Waals surface area contributed by atoms with E-state index in [4.69, 9.17) is 11.5 Å². The third-order valence-corrected chi connectivity index (χ3v) is 4.98. The van der Waals surface area contributed by atoms with Crippen molar-refractivity contribution in [3.63, 3.8) is 0 Å². The first-order valence-electron chi connectivity index (χ1n) is 9.29. The number of nitrogens with two attached hydrogens (primary N) is 2. The second kappa shape index (κ2) is 9.42. The summed E-state index contributed by atoms with van der Waals surface area (Å²) < 4.78 is 0. The smallest absolute Gasteiger partial charge is 0.254 e. The van der Waals surface area contributed by atoms with Gasteiger partial charge in [0.15, 0.2) is 5.78 Å². The molecule has 0 unspecified atom stereocenters. The fourth-order valence-electron chi connectivity index (χ4n) is 2.62. The van der Waals surface area contributed by atoms with E-state index in [2.05, 4.69) is 25.6 Å². The highest BCUT2D eigenvalue weighted by atomic mass is 32.1. The Kier molecular flexibility index (Phi) is 6.70. The Morgan fingerprint density at radius 2 is 2.03 bits per heavy atom. The summed E-state index contributed by atoms with van der Waals surface area (Å²) in [6, 6.07) is 6.86. The number of nitrogens with one attached hydrogen (secondary N) is 2. The van der Waals surface area contributed by atoms with Gasteiger partial charge < -0.3 is 22.1 Å². The number of hydrogen-bond donors (Lipinski definition) is 4. The summed E-state index contributed by atoms with van der Waals surface area (Å²) in [6.07, 6.45) is 3.33. The maximum Gasteiger partial charge on any atom is 0.254 e. The van der Waals surface area contributed by atoms with Gasteiger partial charge in [-0.1, -0.05) is 12.1 Å². The second-order valence-corrected chi connectivity index (χ2v) is 8.17. The van der Waals surface area contributed by atoms with Crippen LogP contribution in [0.2, 0.25) is 0 Å². The van der Waals surface area contributed by atoms with Crippen LogP contribution in [0.3, 0.4) is 0 Å². The SMILES string of the molecule is Cc1cnc(CC(=O)c2cccc(Nc3nc(NC[C@H](C)N)ncc3C(N)=O)c2)s1. The Morgan fingerprint density at radius 3 is 2.70 bits per heavy atom. The van der Waals surface area contributed by atoms with Gasteiger partial charge in [0.1, 0.15) is 16.4 Å². The van der Waals surface area contributed by atoms with Crippen molar-refractivity contribution >= 4 is 40.5 Å². The van der Waals surface area contributed by atoms with Gasteiger partial charge in [-0.25, -0.2) is 9.97 Å². The topological polar surface area (TPSA) is 149 Å². The predicted molar refractivity (Wildman–Crippen MR) is 117 cm³/mol.